The van der Waals surface area contributed by atoms with Gasteiger partial charge < -0.3 is 9.30 Å². The van der Waals surface area contributed by atoms with Crippen molar-refractivity contribution in [3.8, 4) is 0 Å². The van der Waals surface area contributed by atoms with Crippen LogP contribution >= 0.6 is 0 Å². The molecule has 0 radical (unpaired) electrons. The summed E-state index contributed by atoms with van der Waals surface area (Å²) in [7, 11) is 0. The second-order valence-corrected chi connectivity index (χ2v) is 3.96. The number of nitrogens with zero attached hydrogens (tertiary/aromatic N) is 2. The highest BCUT2D eigenvalue weighted by molar-refractivity contribution is 5.80. The molecule has 1 aliphatic heterocycles. The van der Waals surface area contributed by atoms with Crippen LogP contribution < -0.4 is 11.3 Å². The van der Waals surface area contributed by atoms with Crippen LogP contribution in [-0.2, 0) is 16.1 Å². The molecule has 2 rings (SSSR count). The summed E-state index contributed by atoms with van der Waals surface area (Å²) in [6.45, 7) is 2.68. The second kappa shape index (κ2) is 4.63. The Morgan fingerprint density at radius 1 is 1.75 bits per heavy atom. The van der Waals surface area contributed by atoms with E-state index in [9.17, 15) is 4.79 Å². The third-order valence-corrected chi connectivity index (χ3v) is 2.87. The Labute approximate surface area is 93.8 Å². The van der Waals surface area contributed by atoms with E-state index in [1.54, 1.807) is 6.20 Å². The molecule has 1 aliphatic rings. The van der Waals surface area contributed by atoms with Gasteiger partial charge in [-0.3, -0.25) is 10.2 Å². The Hall–Kier alpha value is -1.40. The molecule has 3 N–H and O–H groups in total. The molecule has 16 heavy (non-hydrogen) atoms. The van der Waals surface area contributed by atoms with E-state index in [1.165, 1.54) is 0 Å². The molecule has 0 saturated carbocycles. The van der Waals surface area contributed by atoms with Crippen molar-refractivity contribution in [2.75, 3.05) is 0 Å². The van der Waals surface area contributed by atoms with Gasteiger partial charge in [-0.15, -0.1) is 0 Å². The number of nitrogens with one attached hydrogen (secondary N) is 1. The minimum Gasteiger partial charge on any atom is -0.363 e. The van der Waals surface area contributed by atoms with Gasteiger partial charge in [-0.05, 0) is 19.8 Å². The molecular formula is C10H16N4O2. The van der Waals surface area contributed by atoms with E-state index in [0.29, 0.717) is 0 Å². The van der Waals surface area contributed by atoms with Crippen molar-refractivity contribution < 1.29 is 9.53 Å². The van der Waals surface area contributed by atoms with Crippen LogP contribution in [0.25, 0.3) is 0 Å². The number of aromatic nitrogens is 2. The maximum atomic E-state index is 11.2. The number of hydrogen-bond donors (Lipinski definition) is 2. The summed E-state index contributed by atoms with van der Waals surface area (Å²) in [5, 5.41) is 0. The highest BCUT2D eigenvalue weighted by atomic mass is 16.5. The Morgan fingerprint density at radius 2 is 2.56 bits per heavy atom. The van der Waals surface area contributed by atoms with Crippen LogP contribution in [0.5, 0.6) is 0 Å². The van der Waals surface area contributed by atoms with Gasteiger partial charge in [0, 0.05) is 12.4 Å². The minimum absolute atomic E-state index is 0.0650. The van der Waals surface area contributed by atoms with Crippen molar-refractivity contribution >= 4 is 5.91 Å². The molecule has 1 amide bonds. The van der Waals surface area contributed by atoms with E-state index >= 15 is 0 Å². The second-order valence-electron chi connectivity index (χ2n) is 3.96. The summed E-state index contributed by atoms with van der Waals surface area (Å²) in [5.74, 6) is 5.77. The Kier molecular flexibility index (Phi) is 3.21. The molecule has 2 heterocycles. The van der Waals surface area contributed by atoms with Crippen LogP contribution in [-0.4, -0.2) is 27.7 Å². The predicted molar refractivity (Wildman–Crippen MR) is 57.2 cm³/mol. The molecule has 6 nitrogen and oxygen atoms in total. The van der Waals surface area contributed by atoms with Crippen molar-refractivity contribution in [1.29, 1.82) is 0 Å². The first-order chi connectivity index (χ1) is 7.70. The van der Waals surface area contributed by atoms with Gasteiger partial charge in [-0.2, -0.15) is 0 Å². The molecule has 1 fully saturated rings. The number of rotatable bonds is 3. The third-order valence-electron chi connectivity index (χ3n) is 2.87. The summed E-state index contributed by atoms with van der Waals surface area (Å²) >= 11 is 0. The number of hydrazine groups is 1. The summed E-state index contributed by atoms with van der Waals surface area (Å²) in [5.41, 5.74) is 2.11. The standard InChI is InChI=1S/C10H16N4O2/c1-7-12-4-5-14(7)6-8-2-3-9(16-8)10(15)13-11/h4-5,8-9H,2-3,6,11H2,1H3,(H,13,15). The zero-order valence-corrected chi connectivity index (χ0v) is 9.22. The van der Waals surface area contributed by atoms with Crippen molar-refractivity contribution in [3.63, 3.8) is 0 Å². The topological polar surface area (TPSA) is 82.2 Å². The van der Waals surface area contributed by atoms with E-state index in [1.807, 2.05) is 17.7 Å². The fourth-order valence-electron chi connectivity index (χ4n) is 1.94. The number of imidazole rings is 1. The van der Waals surface area contributed by atoms with Crippen LogP contribution in [0.3, 0.4) is 0 Å². The lowest BCUT2D eigenvalue weighted by Crippen LogP contribution is -2.39. The summed E-state index contributed by atoms with van der Waals surface area (Å²) in [6.07, 6.45) is 4.93. The van der Waals surface area contributed by atoms with Crippen LogP contribution in [0.1, 0.15) is 18.7 Å². The number of carbonyl (C=O) groups is 1. The number of hydrogen-bond acceptors (Lipinski definition) is 4. The van der Waals surface area contributed by atoms with Gasteiger partial charge in [0.1, 0.15) is 11.9 Å². The Balaban J connectivity index is 1.90. The lowest BCUT2D eigenvalue weighted by Gasteiger charge is -2.13. The van der Waals surface area contributed by atoms with Crippen LogP contribution in [0, 0.1) is 6.92 Å². The molecule has 0 aromatic carbocycles. The molecule has 1 saturated heterocycles. The zero-order chi connectivity index (χ0) is 11.5. The van der Waals surface area contributed by atoms with Gasteiger partial charge in [-0.1, -0.05) is 0 Å². The van der Waals surface area contributed by atoms with Crippen molar-refractivity contribution in [2.45, 2.75) is 38.5 Å². The van der Waals surface area contributed by atoms with Gasteiger partial charge in [0.15, 0.2) is 0 Å². The number of amides is 1. The summed E-state index contributed by atoms with van der Waals surface area (Å²) in [6, 6.07) is 0. The molecule has 88 valence electrons. The fraction of sp³-hybridized carbons (Fsp3) is 0.600. The number of nitrogens with two attached hydrogens (primary N) is 1. The van der Waals surface area contributed by atoms with Crippen molar-refractivity contribution in [3.05, 3.63) is 18.2 Å². The molecular weight excluding hydrogens is 208 g/mol. The lowest BCUT2D eigenvalue weighted by molar-refractivity contribution is -0.132. The predicted octanol–water partition coefficient (Wildman–Crippen LogP) is -0.271. The van der Waals surface area contributed by atoms with Gasteiger partial charge >= 0.3 is 0 Å². The molecule has 1 aromatic heterocycles. The Morgan fingerprint density at radius 3 is 3.19 bits per heavy atom. The highest BCUT2D eigenvalue weighted by Gasteiger charge is 2.30. The molecule has 1 aromatic rings. The van der Waals surface area contributed by atoms with Crippen molar-refractivity contribution in [2.24, 2.45) is 5.84 Å². The average Bonchev–Trinajstić information content (AvgIpc) is 2.89. The van der Waals surface area contributed by atoms with Crippen LogP contribution in [0.2, 0.25) is 0 Å². The van der Waals surface area contributed by atoms with E-state index in [0.717, 1.165) is 25.2 Å². The molecule has 2 unspecified atom stereocenters. The largest absolute Gasteiger partial charge is 0.363 e. The number of ether oxygens (including phenoxy) is 1. The summed E-state index contributed by atoms with van der Waals surface area (Å²) in [4.78, 5) is 15.4. The highest BCUT2D eigenvalue weighted by Crippen LogP contribution is 2.21. The number of aryl methyl sites for hydroxylation is 1. The van der Waals surface area contributed by atoms with Crippen molar-refractivity contribution in [1.82, 2.24) is 15.0 Å². The van der Waals surface area contributed by atoms with Gasteiger partial charge in [-0.25, -0.2) is 10.8 Å². The van der Waals surface area contributed by atoms with Gasteiger partial charge in [0.25, 0.3) is 5.91 Å². The van der Waals surface area contributed by atoms with Gasteiger partial charge in [0.05, 0.1) is 12.6 Å². The third kappa shape index (κ3) is 2.23. The zero-order valence-electron chi connectivity index (χ0n) is 9.22. The van der Waals surface area contributed by atoms with Crippen LogP contribution in [0.4, 0.5) is 0 Å². The van der Waals surface area contributed by atoms with E-state index in [-0.39, 0.29) is 12.0 Å². The quantitative estimate of drug-likeness (QED) is 0.420. The fourth-order valence-corrected chi connectivity index (χ4v) is 1.94. The first kappa shape index (κ1) is 11.1. The normalized spacial score (nSPS) is 24.6. The summed E-state index contributed by atoms with van der Waals surface area (Å²) < 4.78 is 7.62. The van der Waals surface area contributed by atoms with E-state index < -0.39 is 6.10 Å². The minimum atomic E-state index is -0.404. The monoisotopic (exact) mass is 224 g/mol. The first-order valence-electron chi connectivity index (χ1n) is 5.34. The van der Waals surface area contributed by atoms with E-state index in [4.69, 9.17) is 10.6 Å². The smallest absolute Gasteiger partial charge is 0.263 e. The molecule has 0 bridgehead atoms. The number of carbonyl (C=O) groups excluding carboxylic acids is 1. The maximum absolute atomic E-state index is 11.2. The molecule has 0 spiro atoms. The molecule has 2 atom stereocenters. The lowest BCUT2D eigenvalue weighted by atomic mass is 10.2. The van der Waals surface area contributed by atoms with E-state index in [2.05, 4.69) is 10.4 Å². The Bertz CT molecular complexity index is 377. The molecule has 6 heteroatoms. The first-order valence-corrected chi connectivity index (χ1v) is 5.34. The van der Waals surface area contributed by atoms with Crippen LogP contribution in [0.15, 0.2) is 12.4 Å². The average molecular weight is 224 g/mol. The SMILES string of the molecule is Cc1nccn1CC1CCC(C(=O)NN)O1. The molecule has 0 aliphatic carbocycles. The van der Waals surface area contributed by atoms with Gasteiger partial charge in [0.2, 0.25) is 0 Å². The maximum Gasteiger partial charge on any atom is 0.263 e.